The second-order valence-electron chi connectivity index (χ2n) is 7.72. The van der Waals surface area contributed by atoms with Crippen LogP contribution in [0, 0.1) is 0 Å². The minimum absolute atomic E-state index is 0.510. The summed E-state index contributed by atoms with van der Waals surface area (Å²) in [5, 5.41) is 4.25. The summed E-state index contributed by atoms with van der Waals surface area (Å²) in [6.07, 6.45) is 6.61. The molecular formula is C19H28N6O. The van der Waals surface area contributed by atoms with Crippen LogP contribution in [0.2, 0.25) is 0 Å². The Morgan fingerprint density at radius 2 is 1.92 bits per heavy atom. The van der Waals surface area contributed by atoms with Crippen molar-refractivity contribution in [2.24, 2.45) is 0 Å². The first-order valence-corrected chi connectivity index (χ1v) is 9.51. The van der Waals surface area contributed by atoms with Crippen LogP contribution in [0.25, 0.3) is 0 Å². The number of piperidine rings is 1. The fourth-order valence-corrected chi connectivity index (χ4v) is 3.60. The molecule has 140 valence electrons. The first kappa shape index (κ1) is 17.3. The van der Waals surface area contributed by atoms with Gasteiger partial charge in [-0.15, -0.1) is 0 Å². The van der Waals surface area contributed by atoms with E-state index >= 15 is 0 Å². The highest BCUT2D eigenvalue weighted by molar-refractivity contribution is 5.43. The number of hydrogen-bond acceptors (Lipinski definition) is 7. The van der Waals surface area contributed by atoms with Crippen LogP contribution in [0.4, 0.5) is 11.8 Å². The molecule has 4 rings (SSSR count). The lowest BCUT2D eigenvalue weighted by Crippen LogP contribution is -2.43. The summed E-state index contributed by atoms with van der Waals surface area (Å²) in [5.41, 5.74) is 1.07. The second-order valence-corrected chi connectivity index (χ2v) is 7.72. The van der Waals surface area contributed by atoms with E-state index in [9.17, 15) is 0 Å². The van der Waals surface area contributed by atoms with Gasteiger partial charge < -0.3 is 14.3 Å². The molecule has 1 aliphatic heterocycles. The lowest BCUT2D eigenvalue weighted by molar-refractivity contribution is 0.198. The molecule has 2 fully saturated rings. The van der Waals surface area contributed by atoms with Crippen molar-refractivity contribution in [1.82, 2.24) is 20.0 Å². The first-order chi connectivity index (χ1) is 12.6. The third-order valence-electron chi connectivity index (χ3n) is 5.44. The van der Waals surface area contributed by atoms with Crippen LogP contribution in [0.5, 0.6) is 0 Å². The molecule has 2 aromatic rings. The van der Waals surface area contributed by atoms with E-state index < -0.39 is 0 Å². The Bertz CT molecular complexity index is 733. The Kier molecular flexibility index (Phi) is 4.80. The van der Waals surface area contributed by atoms with Gasteiger partial charge in [0.2, 0.25) is 5.95 Å². The summed E-state index contributed by atoms with van der Waals surface area (Å²) in [5.74, 6) is 3.46. The van der Waals surface area contributed by atoms with Crippen molar-refractivity contribution in [1.29, 1.82) is 0 Å². The number of nitrogens with zero attached hydrogens (tertiary/aromatic N) is 6. The Labute approximate surface area is 155 Å². The molecule has 0 spiro atoms. The van der Waals surface area contributed by atoms with Crippen LogP contribution in [0.15, 0.2) is 22.9 Å². The molecule has 2 aromatic heterocycles. The maximum absolute atomic E-state index is 5.47. The Balaban J connectivity index is 1.31. The molecule has 1 saturated heterocycles. The minimum atomic E-state index is 0.510. The molecule has 1 saturated carbocycles. The van der Waals surface area contributed by atoms with Crippen LogP contribution >= 0.6 is 0 Å². The van der Waals surface area contributed by atoms with Crippen LogP contribution < -0.4 is 9.80 Å². The van der Waals surface area contributed by atoms with Gasteiger partial charge in [-0.05, 0) is 31.7 Å². The van der Waals surface area contributed by atoms with E-state index in [0.717, 1.165) is 55.7 Å². The van der Waals surface area contributed by atoms with Crippen LogP contribution in [-0.2, 0) is 6.54 Å². The maximum Gasteiger partial charge on any atom is 0.226 e. The smallest absolute Gasteiger partial charge is 0.226 e. The van der Waals surface area contributed by atoms with Crippen molar-refractivity contribution in [2.45, 2.75) is 44.2 Å². The largest absolute Gasteiger partial charge is 0.361 e. The predicted molar refractivity (Wildman–Crippen MR) is 102 cm³/mol. The summed E-state index contributed by atoms with van der Waals surface area (Å²) >= 11 is 0. The third-order valence-corrected chi connectivity index (χ3v) is 5.44. The molecular weight excluding hydrogens is 328 g/mol. The summed E-state index contributed by atoms with van der Waals surface area (Å²) in [4.78, 5) is 15.7. The number of rotatable bonds is 6. The number of anilines is 2. The highest BCUT2D eigenvalue weighted by atomic mass is 16.5. The zero-order valence-corrected chi connectivity index (χ0v) is 15.9. The van der Waals surface area contributed by atoms with Crippen LogP contribution in [-0.4, -0.2) is 60.3 Å². The molecule has 0 unspecified atom stereocenters. The van der Waals surface area contributed by atoms with Crippen LogP contribution in [0.3, 0.4) is 0 Å². The van der Waals surface area contributed by atoms with Crippen molar-refractivity contribution in [3.05, 3.63) is 29.8 Å². The number of aromatic nitrogens is 3. The van der Waals surface area contributed by atoms with E-state index in [4.69, 9.17) is 4.52 Å². The standard InChI is InChI=1S/C19H28N6O/c1-23(2)19-20-9-6-18(21-19)24(3)16-7-10-25(11-8-16)13-15-12-17(26-22-15)14-4-5-14/h6,9,12,14,16H,4-5,7-8,10-11,13H2,1-3H3. The minimum Gasteiger partial charge on any atom is -0.361 e. The maximum atomic E-state index is 5.47. The molecule has 1 aliphatic carbocycles. The quantitative estimate of drug-likeness (QED) is 0.788. The van der Waals surface area contributed by atoms with Gasteiger partial charge in [0.05, 0.1) is 5.69 Å². The summed E-state index contributed by atoms with van der Waals surface area (Å²) in [7, 11) is 6.08. The molecule has 0 N–H and O–H groups in total. The van der Waals surface area contributed by atoms with Gasteiger partial charge in [-0.1, -0.05) is 5.16 Å². The molecule has 7 heteroatoms. The first-order valence-electron chi connectivity index (χ1n) is 9.51. The molecule has 0 aromatic carbocycles. The van der Waals surface area contributed by atoms with Gasteiger partial charge in [0.1, 0.15) is 11.6 Å². The van der Waals surface area contributed by atoms with E-state index in [1.807, 2.05) is 31.3 Å². The van der Waals surface area contributed by atoms with Gasteiger partial charge in [0.25, 0.3) is 0 Å². The second kappa shape index (κ2) is 7.23. The molecule has 2 aliphatic rings. The highest BCUT2D eigenvalue weighted by Gasteiger charge is 2.29. The number of hydrogen-bond donors (Lipinski definition) is 0. The topological polar surface area (TPSA) is 61.5 Å². The van der Waals surface area contributed by atoms with Gasteiger partial charge >= 0.3 is 0 Å². The van der Waals surface area contributed by atoms with Gasteiger partial charge in [-0.2, -0.15) is 4.98 Å². The van der Waals surface area contributed by atoms with E-state index in [1.54, 1.807) is 0 Å². The Hall–Kier alpha value is -2.15. The summed E-state index contributed by atoms with van der Waals surface area (Å²) in [6, 6.07) is 4.66. The fourth-order valence-electron chi connectivity index (χ4n) is 3.60. The monoisotopic (exact) mass is 356 g/mol. The van der Waals surface area contributed by atoms with E-state index in [1.165, 1.54) is 12.8 Å². The molecule has 3 heterocycles. The molecule has 0 atom stereocenters. The van der Waals surface area contributed by atoms with Crippen molar-refractivity contribution in [3.8, 4) is 0 Å². The van der Waals surface area contributed by atoms with E-state index in [-0.39, 0.29) is 0 Å². The van der Waals surface area contributed by atoms with Gasteiger partial charge in [-0.3, -0.25) is 4.90 Å². The fraction of sp³-hybridized carbons (Fsp3) is 0.632. The van der Waals surface area contributed by atoms with Gasteiger partial charge in [0, 0.05) is 65.0 Å². The Morgan fingerprint density at radius 1 is 1.15 bits per heavy atom. The SMILES string of the molecule is CN(C)c1nccc(N(C)C2CCN(Cc3cc(C4CC4)on3)CC2)n1. The van der Waals surface area contributed by atoms with E-state index in [2.05, 4.69) is 38.0 Å². The lowest BCUT2D eigenvalue weighted by atomic mass is 10.0. The number of likely N-dealkylation sites (tertiary alicyclic amines) is 1. The molecule has 0 bridgehead atoms. The van der Waals surface area contributed by atoms with E-state index in [0.29, 0.717) is 12.0 Å². The van der Waals surface area contributed by atoms with Gasteiger partial charge in [-0.25, -0.2) is 4.98 Å². The average Bonchev–Trinajstić information content (AvgIpc) is 3.41. The van der Waals surface area contributed by atoms with Gasteiger partial charge in [0.15, 0.2) is 0 Å². The van der Waals surface area contributed by atoms with Crippen LogP contribution in [0.1, 0.15) is 43.1 Å². The predicted octanol–water partition coefficient (Wildman–Crippen LogP) is 2.51. The molecule has 0 amide bonds. The molecule has 0 radical (unpaired) electrons. The van der Waals surface area contributed by atoms with Crippen molar-refractivity contribution in [2.75, 3.05) is 44.0 Å². The third kappa shape index (κ3) is 3.82. The molecule has 26 heavy (non-hydrogen) atoms. The highest BCUT2D eigenvalue weighted by Crippen LogP contribution is 2.40. The van der Waals surface area contributed by atoms with Crippen molar-refractivity contribution < 1.29 is 4.52 Å². The zero-order chi connectivity index (χ0) is 18.1. The zero-order valence-electron chi connectivity index (χ0n) is 15.9. The average molecular weight is 356 g/mol. The summed E-state index contributed by atoms with van der Waals surface area (Å²) in [6.45, 7) is 3.05. The molecule has 7 nitrogen and oxygen atoms in total. The normalized spacial score (nSPS) is 18.9. The Morgan fingerprint density at radius 3 is 2.62 bits per heavy atom. The summed E-state index contributed by atoms with van der Waals surface area (Å²) < 4.78 is 5.47. The lowest BCUT2D eigenvalue weighted by Gasteiger charge is -2.37. The van der Waals surface area contributed by atoms with Crippen molar-refractivity contribution >= 4 is 11.8 Å². The van der Waals surface area contributed by atoms with Crippen molar-refractivity contribution in [3.63, 3.8) is 0 Å².